The molecule has 3 nitrogen and oxygen atoms in total. The molecule has 2 N–H and O–H groups in total. The Morgan fingerprint density at radius 3 is 2.47 bits per heavy atom. The molecule has 3 saturated carbocycles. The fourth-order valence-corrected chi connectivity index (χ4v) is 8.64. The third-order valence-electron chi connectivity index (χ3n) is 10.7. The first-order valence-electron chi connectivity index (χ1n) is 14.5. The van der Waals surface area contributed by atoms with Crippen LogP contribution in [0.3, 0.4) is 0 Å². The van der Waals surface area contributed by atoms with Crippen molar-refractivity contribution in [2.24, 2.45) is 40.4 Å². The molecule has 0 bridgehead atoms. The summed E-state index contributed by atoms with van der Waals surface area (Å²) in [6.45, 7) is 14.8. The molecule has 0 saturated heterocycles. The lowest BCUT2D eigenvalue weighted by molar-refractivity contribution is -0.162. The van der Waals surface area contributed by atoms with E-state index in [0.717, 1.165) is 37.0 Å². The Balaban J connectivity index is 1.54. The van der Waals surface area contributed by atoms with Gasteiger partial charge >= 0.3 is 0 Å². The highest BCUT2D eigenvalue weighted by atomic mass is 16.5. The van der Waals surface area contributed by atoms with Gasteiger partial charge in [0.15, 0.2) is 0 Å². The molecule has 0 heterocycles. The van der Waals surface area contributed by atoms with Gasteiger partial charge < -0.3 is 14.9 Å². The van der Waals surface area contributed by atoms with Crippen molar-refractivity contribution in [1.82, 2.24) is 0 Å². The highest BCUT2D eigenvalue weighted by molar-refractivity contribution is 5.40. The van der Waals surface area contributed by atoms with Crippen LogP contribution < -0.4 is 0 Å². The summed E-state index contributed by atoms with van der Waals surface area (Å²) in [7, 11) is 0. The van der Waals surface area contributed by atoms with Crippen LogP contribution in [0.25, 0.3) is 0 Å². The van der Waals surface area contributed by atoms with E-state index in [1.165, 1.54) is 44.1 Å². The van der Waals surface area contributed by atoms with E-state index in [1.807, 2.05) is 0 Å². The Labute approximate surface area is 209 Å². The van der Waals surface area contributed by atoms with Crippen molar-refractivity contribution >= 4 is 0 Å². The lowest BCUT2D eigenvalue weighted by Crippen LogP contribution is -2.59. The van der Waals surface area contributed by atoms with Crippen LogP contribution in [-0.2, 0) is 4.74 Å². The summed E-state index contributed by atoms with van der Waals surface area (Å²) in [6.07, 6.45) is 14.7. The van der Waals surface area contributed by atoms with Crippen LogP contribution in [0.4, 0.5) is 0 Å². The molecule has 4 aliphatic carbocycles. The van der Waals surface area contributed by atoms with Crippen LogP contribution in [-0.4, -0.2) is 35.1 Å². The maximum Gasteiger partial charge on any atom is 0.110 e. The van der Waals surface area contributed by atoms with Gasteiger partial charge in [-0.25, -0.2) is 0 Å². The van der Waals surface area contributed by atoms with Gasteiger partial charge in [0.1, 0.15) is 6.10 Å². The Hall–Kier alpha value is -0.640. The SMILES string of the molecule is CCCCO[C@@H]1[C@H](O)CC2=CC=C3[C@@H]4CC[C@H]([C@H](C)CCCC(C)C)[C@@]4(C)CC[C@@H]3[C@@]2(C)[C@H]1O. The van der Waals surface area contributed by atoms with Gasteiger partial charge in [0, 0.05) is 12.0 Å². The van der Waals surface area contributed by atoms with Crippen molar-refractivity contribution in [2.45, 2.75) is 124 Å². The second kappa shape index (κ2) is 10.4. The smallest absolute Gasteiger partial charge is 0.110 e. The van der Waals surface area contributed by atoms with Gasteiger partial charge in [-0.05, 0) is 73.5 Å². The maximum absolute atomic E-state index is 11.7. The molecule has 9 atom stereocenters. The van der Waals surface area contributed by atoms with Gasteiger partial charge in [-0.15, -0.1) is 0 Å². The van der Waals surface area contributed by atoms with E-state index in [1.54, 1.807) is 5.57 Å². The molecular formula is C31H52O3. The van der Waals surface area contributed by atoms with Crippen molar-refractivity contribution in [1.29, 1.82) is 0 Å². The highest BCUT2D eigenvalue weighted by Gasteiger charge is 2.60. The Bertz CT molecular complexity index is 769. The van der Waals surface area contributed by atoms with Gasteiger partial charge in [0.05, 0.1) is 12.2 Å². The van der Waals surface area contributed by atoms with Crippen molar-refractivity contribution < 1.29 is 14.9 Å². The third kappa shape index (κ3) is 4.48. The van der Waals surface area contributed by atoms with Crippen LogP contribution in [0.1, 0.15) is 106 Å². The second-order valence-corrected chi connectivity index (χ2v) is 13.2. The molecule has 4 rings (SSSR count). The minimum absolute atomic E-state index is 0.317. The highest BCUT2D eigenvalue weighted by Crippen LogP contribution is 2.66. The third-order valence-corrected chi connectivity index (χ3v) is 10.7. The second-order valence-electron chi connectivity index (χ2n) is 13.2. The van der Waals surface area contributed by atoms with Gasteiger partial charge in [-0.3, -0.25) is 0 Å². The molecule has 3 fully saturated rings. The van der Waals surface area contributed by atoms with E-state index in [9.17, 15) is 10.2 Å². The topological polar surface area (TPSA) is 49.7 Å². The van der Waals surface area contributed by atoms with Crippen LogP contribution in [0.5, 0.6) is 0 Å². The number of fused-ring (bicyclic) bond motifs is 5. The van der Waals surface area contributed by atoms with Gasteiger partial charge in [0.2, 0.25) is 0 Å². The van der Waals surface area contributed by atoms with Crippen molar-refractivity contribution in [2.75, 3.05) is 6.61 Å². The van der Waals surface area contributed by atoms with Crippen LogP contribution in [0.2, 0.25) is 0 Å². The zero-order valence-electron chi connectivity index (χ0n) is 22.9. The average molecular weight is 473 g/mol. The summed E-state index contributed by atoms with van der Waals surface area (Å²) >= 11 is 0. The van der Waals surface area contributed by atoms with Crippen molar-refractivity contribution in [3.05, 3.63) is 23.3 Å². The normalized spacial score (nSPS) is 42.5. The summed E-state index contributed by atoms with van der Waals surface area (Å²) < 4.78 is 6.10. The molecule has 0 amide bonds. The number of hydrogen-bond acceptors (Lipinski definition) is 3. The minimum atomic E-state index is -0.649. The predicted molar refractivity (Wildman–Crippen MR) is 140 cm³/mol. The molecule has 0 aliphatic heterocycles. The van der Waals surface area contributed by atoms with Gasteiger partial charge in [-0.1, -0.05) is 90.5 Å². The minimum Gasteiger partial charge on any atom is -0.390 e. The molecule has 194 valence electrons. The van der Waals surface area contributed by atoms with E-state index < -0.39 is 18.3 Å². The summed E-state index contributed by atoms with van der Waals surface area (Å²) in [6, 6.07) is 0. The number of rotatable bonds is 9. The molecule has 0 aromatic heterocycles. The first-order valence-corrected chi connectivity index (χ1v) is 14.5. The molecular weight excluding hydrogens is 420 g/mol. The van der Waals surface area contributed by atoms with E-state index >= 15 is 0 Å². The molecule has 3 heteroatoms. The first-order chi connectivity index (χ1) is 16.1. The van der Waals surface area contributed by atoms with Gasteiger partial charge in [0.25, 0.3) is 0 Å². The number of aliphatic hydroxyl groups excluding tert-OH is 2. The largest absolute Gasteiger partial charge is 0.390 e. The monoisotopic (exact) mass is 472 g/mol. The van der Waals surface area contributed by atoms with E-state index in [2.05, 4.69) is 53.7 Å². The zero-order valence-corrected chi connectivity index (χ0v) is 22.9. The van der Waals surface area contributed by atoms with Crippen LogP contribution >= 0.6 is 0 Å². The standard InChI is InChI=1S/C31H52O3/c1-7-8-18-34-28-27(32)19-22-12-13-23-25-15-14-24(21(4)11-9-10-20(2)3)30(25,5)17-16-26(23)31(22,6)29(28)33/h12-13,20-21,24-29,32-33H,7-11,14-19H2,1-6H3/t21-,24-,25+,26+,27-,28-,29+,30-,31+/m1/s1. The Morgan fingerprint density at radius 2 is 1.76 bits per heavy atom. The Morgan fingerprint density at radius 1 is 1.00 bits per heavy atom. The molecule has 0 aromatic rings. The number of ether oxygens (including phenoxy) is 1. The molecule has 0 unspecified atom stereocenters. The fourth-order valence-electron chi connectivity index (χ4n) is 8.64. The number of allylic oxidation sites excluding steroid dienone is 3. The van der Waals surface area contributed by atoms with Crippen LogP contribution in [0.15, 0.2) is 23.3 Å². The van der Waals surface area contributed by atoms with Crippen LogP contribution in [0, 0.1) is 40.4 Å². The van der Waals surface area contributed by atoms with E-state index in [-0.39, 0.29) is 5.41 Å². The summed E-state index contributed by atoms with van der Waals surface area (Å²) in [5.41, 5.74) is 2.90. The molecule has 0 aromatic carbocycles. The summed E-state index contributed by atoms with van der Waals surface area (Å²) in [4.78, 5) is 0. The fraction of sp³-hybridized carbons (Fsp3) is 0.871. The lowest BCUT2D eigenvalue weighted by atomic mass is 9.49. The molecule has 0 spiro atoms. The quantitative estimate of drug-likeness (QED) is 0.353. The Kier molecular flexibility index (Phi) is 8.07. The first kappa shape index (κ1) is 26.4. The lowest BCUT2D eigenvalue weighted by Gasteiger charge is -2.57. The van der Waals surface area contributed by atoms with Crippen molar-refractivity contribution in [3.8, 4) is 0 Å². The predicted octanol–water partition coefficient (Wildman–Crippen LogP) is 7.07. The molecule has 34 heavy (non-hydrogen) atoms. The number of aliphatic hydroxyl groups is 2. The number of hydrogen-bond donors (Lipinski definition) is 2. The maximum atomic E-state index is 11.7. The van der Waals surface area contributed by atoms with Crippen molar-refractivity contribution in [3.63, 3.8) is 0 Å². The van der Waals surface area contributed by atoms with Gasteiger partial charge in [-0.2, -0.15) is 0 Å². The van der Waals surface area contributed by atoms with E-state index in [4.69, 9.17) is 4.74 Å². The average Bonchev–Trinajstić information content (AvgIpc) is 3.14. The van der Waals surface area contributed by atoms with E-state index in [0.29, 0.717) is 30.3 Å². The molecule has 4 aliphatic rings. The summed E-state index contributed by atoms with van der Waals surface area (Å²) in [5.74, 6) is 3.42. The zero-order chi connectivity index (χ0) is 24.7. The summed E-state index contributed by atoms with van der Waals surface area (Å²) in [5, 5.41) is 22.5. The molecule has 0 radical (unpaired) electrons. The number of unbranched alkanes of at least 4 members (excludes halogenated alkanes) is 1.